The zero-order valence-electron chi connectivity index (χ0n) is 12.0. The summed E-state index contributed by atoms with van der Waals surface area (Å²) in [7, 11) is 0. The number of amides is 1. The lowest BCUT2D eigenvalue weighted by Crippen LogP contribution is -2.12. The summed E-state index contributed by atoms with van der Waals surface area (Å²) in [6.45, 7) is 2.62. The third kappa shape index (κ3) is 2.83. The zero-order chi connectivity index (χ0) is 15.4. The van der Waals surface area contributed by atoms with Crippen LogP contribution in [0.2, 0.25) is 0 Å². The summed E-state index contributed by atoms with van der Waals surface area (Å²) in [5, 5.41) is 14.4. The van der Waals surface area contributed by atoms with E-state index in [2.05, 4.69) is 25.8 Å². The van der Waals surface area contributed by atoms with Crippen molar-refractivity contribution in [3.8, 4) is 11.4 Å². The number of nitrogens with one attached hydrogen (secondary N) is 1. The fourth-order valence-corrected chi connectivity index (χ4v) is 2.06. The van der Waals surface area contributed by atoms with Crippen LogP contribution in [-0.4, -0.2) is 31.1 Å². The standard InChI is InChI=1S/C15H14N6O/c1-2-21-14(18-19-20-21)11-5-3-6-12(9-11)15(22)17-13-7-4-8-16-10-13/h3-10H,2H2,1H3,(H,17,22). The number of rotatable bonds is 4. The van der Waals surface area contributed by atoms with E-state index >= 15 is 0 Å². The van der Waals surface area contributed by atoms with Crippen LogP contribution >= 0.6 is 0 Å². The Labute approximate surface area is 127 Å². The number of tetrazole rings is 1. The number of anilines is 1. The van der Waals surface area contributed by atoms with Gasteiger partial charge in [-0.2, -0.15) is 0 Å². The van der Waals surface area contributed by atoms with E-state index < -0.39 is 0 Å². The van der Waals surface area contributed by atoms with E-state index in [-0.39, 0.29) is 5.91 Å². The van der Waals surface area contributed by atoms with Crippen molar-refractivity contribution in [1.29, 1.82) is 0 Å². The van der Waals surface area contributed by atoms with Gasteiger partial charge in [0, 0.05) is 23.9 Å². The number of carbonyl (C=O) groups is 1. The largest absolute Gasteiger partial charge is 0.321 e. The van der Waals surface area contributed by atoms with Crippen LogP contribution in [0.4, 0.5) is 5.69 Å². The molecular weight excluding hydrogens is 280 g/mol. The maximum atomic E-state index is 12.3. The molecule has 1 N–H and O–H groups in total. The molecule has 0 unspecified atom stereocenters. The first-order valence-corrected chi connectivity index (χ1v) is 6.86. The minimum Gasteiger partial charge on any atom is -0.321 e. The Hall–Kier alpha value is -3.09. The molecule has 0 aliphatic carbocycles. The summed E-state index contributed by atoms with van der Waals surface area (Å²) < 4.78 is 1.68. The van der Waals surface area contributed by atoms with Gasteiger partial charge in [0.25, 0.3) is 5.91 Å². The second-order valence-electron chi connectivity index (χ2n) is 4.59. The van der Waals surface area contributed by atoms with E-state index in [9.17, 15) is 4.79 Å². The van der Waals surface area contributed by atoms with Gasteiger partial charge < -0.3 is 5.32 Å². The van der Waals surface area contributed by atoms with Crippen molar-refractivity contribution in [2.24, 2.45) is 0 Å². The van der Waals surface area contributed by atoms with Gasteiger partial charge in [-0.3, -0.25) is 9.78 Å². The number of carbonyl (C=O) groups excluding carboxylic acids is 1. The SMILES string of the molecule is CCn1nnnc1-c1cccc(C(=O)Nc2cccnc2)c1. The van der Waals surface area contributed by atoms with Crippen LogP contribution in [0.15, 0.2) is 48.8 Å². The summed E-state index contributed by atoms with van der Waals surface area (Å²) in [5.74, 6) is 0.434. The summed E-state index contributed by atoms with van der Waals surface area (Å²) in [6.07, 6.45) is 3.25. The fourth-order valence-electron chi connectivity index (χ4n) is 2.06. The number of nitrogens with zero attached hydrogens (tertiary/aromatic N) is 5. The first-order valence-electron chi connectivity index (χ1n) is 6.86. The second-order valence-corrected chi connectivity index (χ2v) is 4.59. The zero-order valence-corrected chi connectivity index (χ0v) is 12.0. The molecule has 2 heterocycles. The molecule has 1 aromatic carbocycles. The molecule has 0 radical (unpaired) electrons. The predicted molar refractivity (Wildman–Crippen MR) is 81.1 cm³/mol. The Morgan fingerprint density at radius 1 is 1.27 bits per heavy atom. The molecule has 0 atom stereocenters. The first-order chi connectivity index (χ1) is 10.8. The first kappa shape index (κ1) is 13.9. The second kappa shape index (κ2) is 6.13. The smallest absolute Gasteiger partial charge is 0.255 e. The molecule has 7 heteroatoms. The van der Waals surface area contributed by atoms with Gasteiger partial charge in [0.15, 0.2) is 5.82 Å². The van der Waals surface area contributed by atoms with Crippen molar-refractivity contribution in [1.82, 2.24) is 25.2 Å². The Kier molecular flexibility index (Phi) is 3.86. The van der Waals surface area contributed by atoms with Crippen molar-refractivity contribution in [3.63, 3.8) is 0 Å². The van der Waals surface area contributed by atoms with Gasteiger partial charge in [0.05, 0.1) is 11.9 Å². The average molecular weight is 294 g/mol. The number of aromatic nitrogens is 5. The minimum atomic E-state index is -0.203. The lowest BCUT2D eigenvalue weighted by Gasteiger charge is -2.06. The van der Waals surface area contributed by atoms with Crippen LogP contribution in [0.5, 0.6) is 0 Å². The van der Waals surface area contributed by atoms with E-state index in [1.165, 1.54) is 0 Å². The molecule has 0 bridgehead atoms. The molecule has 2 aromatic heterocycles. The Balaban J connectivity index is 1.86. The third-order valence-corrected chi connectivity index (χ3v) is 3.13. The van der Waals surface area contributed by atoms with Gasteiger partial charge >= 0.3 is 0 Å². The average Bonchev–Trinajstić information content (AvgIpc) is 3.04. The molecule has 110 valence electrons. The molecule has 1 amide bonds. The van der Waals surface area contributed by atoms with Crippen LogP contribution in [0.1, 0.15) is 17.3 Å². The summed E-state index contributed by atoms with van der Waals surface area (Å²) >= 11 is 0. The van der Waals surface area contributed by atoms with E-state index in [0.29, 0.717) is 23.6 Å². The summed E-state index contributed by atoms with van der Waals surface area (Å²) in [5.41, 5.74) is 1.98. The number of pyridine rings is 1. The van der Waals surface area contributed by atoms with Gasteiger partial charge in [-0.15, -0.1) is 5.10 Å². The predicted octanol–water partition coefficient (Wildman–Crippen LogP) is 2.01. The fraction of sp³-hybridized carbons (Fsp3) is 0.133. The molecule has 0 fully saturated rings. The van der Waals surface area contributed by atoms with Crippen LogP contribution in [-0.2, 0) is 6.54 Å². The van der Waals surface area contributed by atoms with Crippen molar-refractivity contribution in [2.45, 2.75) is 13.5 Å². The molecule has 3 rings (SSSR count). The van der Waals surface area contributed by atoms with Gasteiger partial charge in [-0.1, -0.05) is 12.1 Å². The molecule has 0 spiro atoms. The lowest BCUT2D eigenvalue weighted by molar-refractivity contribution is 0.102. The topological polar surface area (TPSA) is 85.6 Å². The number of hydrogen-bond acceptors (Lipinski definition) is 5. The lowest BCUT2D eigenvalue weighted by atomic mass is 10.1. The van der Waals surface area contributed by atoms with Gasteiger partial charge in [0.2, 0.25) is 0 Å². The Morgan fingerprint density at radius 3 is 2.95 bits per heavy atom. The molecule has 0 aliphatic rings. The molecule has 22 heavy (non-hydrogen) atoms. The van der Waals surface area contributed by atoms with Crippen molar-refractivity contribution < 1.29 is 4.79 Å². The van der Waals surface area contributed by atoms with Gasteiger partial charge in [0.1, 0.15) is 0 Å². The van der Waals surface area contributed by atoms with Gasteiger partial charge in [-0.05, 0) is 41.6 Å². The van der Waals surface area contributed by atoms with E-state index in [1.807, 2.05) is 19.1 Å². The monoisotopic (exact) mass is 294 g/mol. The maximum Gasteiger partial charge on any atom is 0.255 e. The maximum absolute atomic E-state index is 12.3. The van der Waals surface area contributed by atoms with Gasteiger partial charge in [-0.25, -0.2) is 4.68 Å². The molecule has 0 aliphatic heterocycles. The van der Waals surface area contributed by atoms with Crippen LogP contribution < -0.4 is 5.32 Å². The van der Waals surface area contributed by atoms with Crippen molar-refractivity contribution in [2.75, 3.05) is 5.32 Å². The molecule has 3 aromatic rings. The van der Waals surface area contributed by atoms with E-state index in [0.717, 1.165) is 5.56 Å². The van der Waals surface area contributed by atoms with E-state index in [1.54, 1.807) is 41.3 Å². The number of hydrogen-bond donors (Lipinski definition) is 1. The Bertz CT molecular complexity index is 783. The highest BCUT2D eigenvalue weighted by Gasteiger charge is 2.11. The summed E-state index contributed by atoms with van der Waals surface area (Å²) in [6, 6.07) is 10.7. The van der Waals surface area contributed by atoms with Crippen molar-refractivity contribution in [3.05, 3.63) is 54.4 Å². The molecule has 0 saturated carbocycles. The normalized spacial score (nSPS) is 10.4. The molecular formula is C15H14N6O. The Morgan fingerprint density at radius 2 is 2.18 bits per heavy atom. The van der Waals surface area contributed by atoms with E-state index in [4.69, 9.17) is 0 Å². The molecule has 7 nitrogen and oxygen atoms in total. The highest BCUT2D eigenvalue weighted by Crippen LogP contribution is 2.18. The third-order valence-electron chi connectivity index (χ3n) is 3.13. The quantitative estimate of drug-likeness (QED) is 0.795. The highest BCUT2D eigenvalue weighted by atomic mass is 16.1. The van der Waals surface area contributed by atoms with Crippen LogP contribution in [0, 0.1) is 0 Å². The molecule has 0 saturated heterocycles. The number of aryl methyl sites for hydroxylation is 1. The minimum absolute atomic E-state index is 0.203. The van der Waals surface area contributed by atoms with Crippen LogP contribution in [0.25, 0.3) is 11.4 Å². The van der Waals surface area contributed by atoms with Crippen LogP contribution in [0.3, 0.4) is 0 Å². The summed E-state index contributed by atoms with van der Waals surface area (Å²) in [4.78, 5) is 16.3. The number of benzene rings is 1. The van der Waals surface area contributed by atoms with Crippen molar-refractivity contribution >= 4 is 11.6 Å². The highest BCUT2D eigenvalue weighted by molar-refractivity contribution is 6.04.